The van der Waals surface area contributed by atoms with E-state index in [0.717, 1.165) is 133 Å². The number of rotatable bonds is 11. The molecule has 0 bridgehead atoms. The van der Waals surface area contributed by atoms with E-state index in [1.54, 1.807) is 0 Å². The molecule has 6 heterocycles. The molecule has 484 valence electrons. The predicted molar refractivity (Wildman–Crippen MR) is 433 cm³/mol. The number of para-hydroxylation sites is 1. The lowest BCUT2D eigenvalue weighted by Crippen LogP contribution is -2.10. The number of furan rings is 1. The Morgan fingerprint density at radius 2 is 0.788 bits per heavy atom. The van der Waals surface area contributed by atoms with Crippen LogP contribution in [0, 0.1) is 0 Å². The summed E-state index contributed by atoms with van der Waals surface area (Å²) in [6.45, 7) is 0. The fourth-order valence-corrected chi connectivity index (χ4v) is 17.5. The summed E-state index contributed by atoms with van der Waals surface area (Å²) in [5, 5.41) is 16.7. The lowest BCUT2D eigenvalue weighted by molar-refractivity contribution is 0.669. The summed E-state index contributed by atoms with van der Waals surface area (Å²) in [6, 6.07) is 119. The zero-order chi connectivity index (χ0) is 68.3. The van der Waals surface area contributed by atoms with Crippen LogP contribution in [0.3, 0.4) is 0 Å². The van der Waals surface area contributed by atoms with Crippen molar-refractivity contribution in [3.05, 3.63) is 346 Å². The molecule has 6 aromatic heterocycles. The van der Waals surface area contributed by atoms with E-state index < -0.39 is 0 Å². The van der Waals surface area contributed by atoms with Crippen LogP contribution in [0.4, 0.5) is 17.1 Å². The van der Waals surface area contributed by atoms with Gasteiger partial charge in [-0.05, 0) is 150 Å². The molecule has 21 aromatic rings. The maximum absolute atomic E-state index is 6.46. The second-order valence-corrected chi connectivity index (χ2v) is 27.6. The van der Waals surface area contributed by atoms with E-state index in [0.29, 0.717) is 17.5 Å². The number of benzene rings is 15. The van der Waals surface area contributed by atoms with Gasteiger partial charge in [0, 0.05) is 94.1 Å². The molecule has 0 fully saturated rings. The Kier molecular flexibility index (Phi) is 13.6. The number of nitrogens with zero attached hydrogens (tertiary/aromatic N) is 7. The van der Waals surface area contributed by atoms with E-state index in [2.05, 4.69) is 294 Å². The topological polar surface area (TPSA) is 85.8 Å². The van der Waals surface area contributed by atoms with Gasteiger partial charge in [0.1, 0.15) is 17.0 Å². The molecule has 0 amide bonds. The Balaban J connectivity index is 0.800. The van der Waals surface area contributed by atoms with Crippen LogP contribution < -0.4 is 4.90 Å². The van der Waals surface area contributed by atoms with Crippen molar-refractivity contribution < 1.29 is 4.42 Å². The summed E-state index contributed by atoms with van der Waals surface area (Å²) in [5.74, 6) is 2.41. The molecule has 0 saturated heterocycles. The first-order valence-electron chi connectivity index (χ1n) is 35.0. The lowest BCUT2D eigenvalue weighted by atomic mass is 9.92. The second kappa shape index (κ2) is 24.0. The van der Waals surface area contributed by atoms with E-state index in [1.165, 1.54) is 57.9 Å². The van der Waals surface area contributed by atoms with E-state index >= 15 is 0 Å². The molecule has 104 heavy (non-hydrogen) atoms. The highest BCUT2D eigenvalue weighted by atomic mass is 32.1. The van der Waals surface area contributed by atoms with Crippen LogP contribution in [0.1, 0.15) is 0 Å². The Bertz CT molecular complexity index is 6980. The van der Waals surface area contributed by atoms with E-state index in [-0.39, 0.29) is 0 Å². The number of pyridine rings is 2. The van der Waals surface area contributed by atoms with Crippen molar-refractivity contribution in [1.82, 2.24) is 29.5 Å². The zero-order valence-electron chi connectivity index (χ0n) is 55.9. The van der Waals surface area contributed by atoms with E-state index in [9.17, 15) is 0 Å². The van der Waals surface area contributed by atoms with Crippen molar-refractivity contribution in [2.45, 2.75) is 0 Å². The number of hydrogen-bond acceptors (Lipinski definition) is 8. The van der Waals surface area contributed by atoms with Crippen molar-refractivity contribution >= 4 is 135 Å². The highest BCUT2D eigenvalue weighted by molar-refractivity contribution is 7.28. The van der Waals surface area contributed by atoms with Gasteiger partial charge in [-0.15, -0.1) is 11.3 Å². The number of fused-ring (bicyclic) bond motifs is 20. The number of thiophene rings is 1. The van der Waals surface area contributed by atoms with Crippen LogP contribution in [0.2, 0.25) is 0 Å². The van der Waals surface area contributed by atoms with Crippen LogP contribution in [0.25, 0.3) is 192 Å². The van der Waals surface area contributed by atoms with Crippen LogP contribution in [0.5, 0.6) is 0 Å². The van der Waals surface area contributed by atoms with Crippen molar-refractivity contribution in [2.24, 2.45) is 0 Å². The van der Waals surface area contributed by atoms with Gasteiger partial charge in [-0.3, -0.25) is 9.55 Å². The van der Waals surface area contributed by atoms with Gasteiger partial charge in [0.05, 0.1) is 21.4 Å². The molecule has 0 aliphatic carbocycles. The molecule has 0 saturated carbocycles. The minimum absolute atomic E-state index is 0.534. The smallest absolute Gasteiger partial charge is 0.164 e. The first kappa shape index (κ1) is 59.2. The van der Waals surface area contributed by atoms with Gasteiger partial charge < -0.3 is 9.32 Å². The van der Waals surface area contributed by atoms with Gasteiger partial charge in [0.25, 0.3) is 0 Å². The molecule has 0 atom stereocenters. The minimum atomic E-state index is 0.534. The zero-order valence-corrected chi connectivity index (χ0v) is 56.7. The molecule has 0 radical (unpaired) electrons. The number of hydrogen-bond donors (Lipinski definition) is 0. The molecule has 0 unspecified atom stereocenters. The van der Waals surface area contributed by atoms with Gasteiger partial charge in [-0.1, -0.05) is 255 Å². The Labute approximate surface area is 601 Å². The van der Waals surface area contributed by atoms with E-state index in [1.807, 2.05) is 78.3 Å². The van der Waals surface area contributed by atoms with Crippen LogP contribution in [0.15, 0.2) is 350 Å². The quantitative estimate of drug-likeness (QED) is 0.119. The highest BCUT2D eigenvalue weighted by Gasteiger charge is 2.28. The van der Waals surface area contributed by atoms with Gasteiger partial charge in [-0.2, -0.15) is 0 Å². The van der Waals surface area contributed by atoms with Crippen molar-refractivity contribution in [2.75, 3.05) is 4.90 Å². The van der Waals surface area contributed by atoms with Crippen LogP contribution >= 0.6 is 11.3 Å². The average Bonchev–Trinajstić information content (AvgIpc) is 1.52. The summed E-state index contributed by atoms with van der Waals surface area (Å²) in [6.07, 6.45) is 3.73. The summed E-state index contributed by atoms with van der Waals surface area (Å²) in [4.78, 5) is 28.2. The van der Waals surface area contributed by atoms with Gasteiger partial charge in [0.15, 0.2) is 17.5 Å². The second-order valence-electron chi connectivity index (χ2n) is 26.6. The maximum Gasteiger partial charge on any atom is 0.164 e. The summed E-state index contributed by atoms with van der Waals surface area (Å²) in [5.41, 5.74) is 18.1. The molecule has 15 aromatic carbocycles. The summed E-state index contributed by atoms with van der Waals surface area (Å²) in [7, 11) is 0. The molecule has 9 heteroatoms. The molecular weight excluding hydrogens is 1290 g/mol. The third kappa shape index (κ3) is 9.55. The number of anilines is 3. The van der Waals surface area contributed by atoms with Crippen molar-refractivity contribution in [3.8, 4) is 84.6 Å². The van der Waals surface area contributed by atoms with Crippen molar-refractivity contribution in [1.29, 1.82) is 0 Å². The van der Waals surface area contributed by atoms with Crippen LogP contribution in [-0.4, -0.2) is 29.5 Å². The van der Waals surface area contributed by atoms with Gasteiger partial charge >= 0.3 is 0 Å². The third-order valence-corrected chi connectivity index (χ3v) is 22.0. The monoisotopic (exact) mass is 1340 g/mol. The van der Waals surface area contributed by atoms with Gasteiger partial charge in [0.2, 0.25) is 0 Å². The standard InChI is InChI=1S/C95H57N7OS/c1-4-21-58(22-5-1)68-48-46-66(56-79(68)59-23-6-2-7-24-59)101(67-47-51-84-80(57-67)73-30-16-17-37-83(73)103-84)65-44-42-60(43-45-65)69-34-20-36-82-88(69)89-76-33-15-14-32-75(76)87-78-50-49-77-72-29-11-10-27-70(72)71-28-12-13-31-74(71)86(77)91(78)104-92(87)90(89)102(82)85-55-64(52-54-97-85)95-99-93(62-25-8-3-9-26-62)98-94(100-95)63-40-38-61(39-41-63)81-35-18-19-53-96-81/h1-57H. The normalized spacial score (nSPS) is 11.8. The summed E-state index contributed by atoms with van der Waals surface area (Å²) < 4.78 is 11.3. The largest absolute Gasteiger partial charge is 0.456 e. The Hall–Kier alpha value is -13.7. The maximum atomic E-state index is 6.46. The third-order valence-electron chi connectivity index (χ3n) is 20.7. The number of aromatic nitrogens is 6. The van der Waals surface area contributed by atoms with Crippen molar-refractivity contribution in [3.63, 3.8) is 0 Å². The average molecular weight is 1340 g/mol. The Morgan fingerprint density at radius 3 is 1.49 bits per heavy atom. The molecule has 0 aliphatic heterocycles. The minimum Gasteiger partial charge on any atom is -0.456 e. The van der Waals surface area contributed by atoms with Gasteiger partial charge in [-0.25, -0.2) is 19.9 Å². The molecule has 0 N–H and O–H groups in total. The predicted octanol–water partition coefficient (Wildman–Crippen LogP) is 25.8. The lowest BCUT2D eigenvalue weighted by Gasteiger charge is -2.27. The fourth-order valence-electron chi connectivity index (χ4n) is 16.0. The highest BCUT2D eigenvalue weighted by Crippen LogP contribution is 2.53. The molecule has 21 rings (SSSR count). The summed E-state index contributed by atoms with van der Waals surface area (Å²) >= 11 is 1.89. The fraction of sp³-hybridized carbons (Fsp3) is 0. The molecule has 8 nitrogen and oxygen atoms in total. The Morgan fingerprint density at radius 1 is 0.279 bits per heavy atom. The first-order chi connectivity index (χ1) is 51.6. The molecular formula is C95H57N7OS. The molecule has 0 aliphatic rings. The van der Waals surface area contributed by atoms with Crippen LogP contribution in [-0.2, 0) is 0 Å². The first-order valence-corrected chi connectivity index (χ1v) is 35.8. The SMILES string of the molecule is c1ccc(-c2nc(-c3ccc(-c4ccccn4)cc3)nc(-c3ccnc(-n4c5cccc(-c6ccc(N(c7ccc(-c8ccccc8)c(-c8ccccc8)c7)c7ccc8oc9ccccc9c8c7)cc6)c5c5c6ccccc6c6c7ccc8c9ccccc9c9ccccc9c8c7sc6c54)c3)n2)cc1. The molecule has 0 spiro atoms. The van der Waals surface area contributed by atoms with E-state index in [4.69, 9.17) is 24.4 Å².